The van der Waals surface area contributed by atoms with Crippen LogP contribution in [0.15, 0.2) is 48.5 Å². The monoisotopic (exact) mass is 292 g/mol. The predicted octanol–water partition coefficient (Wildman–Crippen LogP) is 5.19. The summed E-state index contributed by atoms with van der Waals surface area (Å²) in [5, 5.41) is 0. The third-order valence-corrected chi connectivity index (χ3v) is 3.73. The van der Waals surface area contributed by atoms with Crippen LogP contribution in [0.2, 0.25) is 0 Å². The van der Waals surface area contributed by atoms with E-state index in [1.54, 1.807) is 7.11 Å². The predicted molar refractivity (Wildman–Crippen MR) is 93.2 cm³/mol. The van der Waals surface area contributed by atoms with Crippen molar-refractivity contribution in [3.8, 4) is 17.6 Å². The smallest absolute Gasteiger partial charge is 0.118 e. The van der Waals surface area contributed by atoms with Gasteiger partial charge >= 0.3 is 0 Å². The van der Waals surface area contributed by atoms with Crippen molar-refractivity contribution in [2.45, 2.75) is 33.6 Å². The summed E-state index contributed by atoms with van der Waals surface area (Å²) in [6, 6.07) is 16.6. The minimum Gasteiger partial charge on any atom is -0.497 e. The Bertz CT molecular complexity index is 661. The van der Waals surface area contributed by atoms with Crippen LogP contribution in [0.1, 0.15) is 43.4 Å². The summed E-state index contributed by atoms with van der Waals surface area (Å²) >= 11 is 0. The maximum absolute atomic E-state index is 5.24. The molecule has 114 valence electrons. The van der Waals surface area contributed by atoms with E-state index in [2.05, 4.69) is 75.9 Å². The average Bonchev–Trinajstić information content (AvgIpc) is 2.49. The molecule has 0 amide bonds. The van der Waals surface area contributed by atoms with Gasteiger partial charge in [-0.05, 0) is 42.2 Å². The van der Waals surface area contributed by atoms with Crippen molar-refractivity contribution >= 4 is 0 Å². The first-order chi connectivity index (χ1) is 10.4. The quantitative estimate of drug-likeness (QED) is 0.693. The number of benzene rings is 2. The van der Waals surface area contributed by atoms with Gasteiger partial charge in [-0.1, -0.05) is 62.4 Å². The number of ether oxygens (including phenoxy) is 1. The van der Waals surface area contributed by atoms with Gasteiger partial charge in [0.1, 0.15) is 5.75 Å². The highest BCUT2D eigenvalue weighted by Crippen LogP contribution is 2.35. The summed E-state index contributed by atoms with van der Waals surface area (Å²) in [7, 11) is 1.69. The Morgan fingerprint density at radius 2 is 1.50 bits per heavy atom. The molecule has 0 aromatic heterocycles. The Morgan fingerprint density at radius 1 is 0.909 bits per heavy atom. The first-order valence-corrected chi connectivity index (χ1v) is 7.62. The molecular weight excluding hydrogens is 268 g/mol. The van der Waals surface area contributed by atoms with Gasteiger partial charge in [0, 0.05) is 5.56 Å². The van der Waals surface area contributed by atoms with Crippen LogP contribution in [0.3, 0.4) is 0 Å². The van der Waals surface area contributed by atoms with Gasteiger partial charge in [0.05, 0.1) is 13.0 Å². The standard InChI is InChI=1S/C21H24O/c1-16-6-8-17(9-7-16)10-15-20(21(2,3)4)18-11-13-19(22-5)14-12-18/h6-9,11-14,20H,1-5H3. The molecule has 1 heteroatoms. The number of hydrogen-bond donors (Lipinski definition) is 0. The van der Waals surface area contributed by atoms with Crippen LogP contribution in [0.25, 0.3) is 0 Å². The van der Waals surface area contributed by atoms with Crippen molar-refractivity contribution in [2.24, 2.45) is 5.41 Å². The zero-order chi connectivity index (χ0) is 16.2. The molecule has 2 aromatic rings. The van der Waals surface area contributed by atoms with Crippen molar-refractivity contribution < 1.29 is 4.74 Å². The van der Waals surface area contributed by atoms with E-state index >= 15 is 0 Å². The maximum Gasteiger partial charge on any atom is 0.118 e. The third kappa shape index (κ3) is 4.15. The SMILES string of the molecule is COc1ccc(C(C#Cc2ccc(C)cc2)C(C)(C)C)cc1. The van der Waals surface area contributed by atoms with Crippen molar-refractivity contribution in [3.63, 3.8) is 0 Å². The first-order valence-electron chi connectivity index (χ1n) is 7.62. The number of rotatable bonds is 2. The van der Waals surface area contributed by atoms with Crippen molar-refractivity contribution in [1.29, 1.82) is 0 Å². The zero-order valence-corrected chi connectivity index (χ0v) is 14.1. The topological polar surface area (TPSA) is 9.23 Å². The number of methoxy groups -OCH3 is 1. The van der Waals surface area contributed by atoms with Gasteiger partial charge in [-0.3, -0.25) is 0 Å². The van der Waals surface area contributed by atoms with Gasteiger partial charge in [0.2, 0.25) is 0 Å². The molecule has 22 heavy (non-hydrogen) atoms. The lowest BCUT2D eigenvalue weighted by Gasteiger charge is -2.26. The second kappa shape index (κ2) is 6.71. The van der Waals surface area contributed by atoms with Gasteiger partial charge in [-0.2, -0.15) is 0 Å². The highest BCUT2D eigenvalue weighted by molar-refractivity contribution is 5.41. The lowest BCUT2D eigenvalue weighted by molar-refractivity contribution is 0.374. The van der Waals surface area contributed by atoms with Gasteiger partial charge in [0.25, 0.3) is 0 Å². The molecule has 0 heterocycles. The summed E-state index contributed by atoms with van der Waals surface area (Å²) in [5.41, 5.74) is 3.63. The molecule has 0 saturated heterocycles. The molecule has 0 spiro atoms. The average molecular weight is 292 g/mol. The molecule has 0 aliphatic rings. The van der Waals surface area contributed by atoms with Crippen LogP contribution in [-0.4, -0.2) is 7.11 Å². The van der Waals surface area contributed by atoms with E-state index in [-0.39, 0.29) is 11.3 Å². The summed E-state index contributed by atoms with van der Waals surface area (Å²) in [4.78, 5) is 0. The molecule has 0 aliphatic heterocycles. The molecule has 2 rings (SSSR count). The summed E-state index contributed by atoms with van der Waals surface area (Å²) in [6.07, 6.45) is 0. The van der Waals surface area contributed by atoms with E-state index in [1.165, 1.54) is 11.1 Å². The molecule has 2 aromatic carbocycles. The largest absolute Gasteiger partial charge is 0.497 e. The lowest BCUT2D eigenvalue weighted by Crippen LogP contribution is -2.17. The van der Waals surface area contributed by atoms with Crippen molar-refractivity contribution in [1.82, 2.24) is 0 Å². The second-order valence-electron chi connectivity index (χ2n) is 6.71. The molecule has 0 fully saturated rings. The Hall–Kier alpha value is -2.20. The van der Waals surface area contributed by atoms with Gasteiger partial charge in [0.15, 0.2) is 0 Å². The molecular formula is C21H24O. The Kier molecular flexibility index (Phi) is 4.93. The van der Waals surface area contributed by atoms with E-state index < -0.39 is 0 Å². The van der Waals surface area contributed by atoms with Crippen LogP contribution < -0.4 is 4.74 Å². The Labute approximate surface area is 134 Å². The fourth-order valence-electron chi connectivity index (χ4n) is 2.39. The minimum absolute atomic E-state index is 0.0757. The lowest BCUT2D eigenvalue weighted by atomic mass is 9.77. The van der Waals surface area contributed by atoms with E-state index in [9.17, 15) is 0 Å². The molecule has 1 nitrogen and oxygen atoms in total. The fraction of sp³-hybridized carbons (Fsp3) is 0.333. The molecule has 0 saturated carbocycles. The van der Waals surface area contributed by atoms with Crippen LogP contribution in [0.5, 0.6) is 5.75 Å². The van der Waals surface area contributed by atoms with Crippen molar-refractivity contribution in [2.75, 3.05) is 7.11 Å². The zero-order valence-electron chi connectivity index (χ0n) is 14.1. The molecule has 1 unspecified atom stereocenters. The number of hydrogen-bond acceptors (Lipinski definition) is 1. The second-order valence-corrected chi connectivity index (χ2v) is 6.71. The molecule has 0 aliphatic carbocycles. The fourth-order valence-corrected chi connectivity index (χ4v) is 2.39. The van der Waals surface area contributed by atoms with Gasteiger partial charge in [-0.15, -0.1) is 0 Å². The van der Waals surface area contributed by atoms with Crippen LogP contribution >= 0.6 is 0 Å². The van der Waals surface area contributed by atoms with E-state index in [0.29, 0.717) is 0 Å². The summed E-state index contributed by atoms with van der Waals surface area (Å²) in [6.45, 7) is 8.77. The summed E-state index contributed by atoms with van der Waals surface area (Å²) in [5.74, 6) is 7.84. The van der Waals surface area contributed by atoms with E-state index in [4.69, 9.17) is 4.74 Å². The minimum atomic E-state index is 0.0757. The summed E-state index contributed by atoms with van der Waals surface area (Å²) < 4.78 is 5.24. The normalized spacial score (nSPS) is 12.2. The van der Waals surface area contributed by atoms with Gasteiger partial charge < -0.3 is 4.74 Å². The Morgan fingerprint density at radius 3 is 2.00 bits per heavy atom. The molecule has 0 N–H and O–H groups in total. The maximum atomic E-state index is 5.24. The van der Waals surface area contributed by atoms with Crippen LogP contribution in [-0.2, 0) is 0 Å². The van der Waals surface area contributed by atoms with E-state index in [1.807, 2.05) is 12.1 Å². The van der Waals surface area contributed by atoms with Crippen molar-refractivity contribution in [3.05, 3.63) is 65.2 Å². The first kappa shape index (κ1) is 16.2. The highest BCUT2D eigenvalue weighted by atomic mass is 16.5. The Balaban J connectivity index is 2.33. The third-order valence-electron chi connectivity index (χ3n) is 3.73. The highest BCUT2D eigenvalue weighted by Gasteiger charge is 2.24. The number of aryl methyl sites for hydroxylation is 1. The van der Waals surface area contributed by atoms with Crippen LogP contribution in [0.4, 0.5) is 0 Å². The molecule has 1 atom stereocenters. The molecule has 0 bridgehead atoms. The van der Waals surface area contributed by atoms with E-state index in [0.717, 1.165) is 11.3 Å². The molecule has 0 radical (unpaired) electrons. The van der Waals surface area contributed by atoms with Crippen LogP contribution in [0, 0.1) is 24.2 Å². The van der Waals surface area contributed by atoms with Gasteiger partial charge in [-0.25, -0.2) is 0 Å².